The number of aromatic nitrogens is 1. The molecule has 1 unspecified atom stereocenters. The van der Waals surface area contributed by atoms with Crippen molar-refractivity contribution in [1.29, 1.82) is 0 Å². The fourth-order valence-electron chi connectivity index (χ4n) is 2.38. The summed E-state index contributed by atoms with van der Waals surface area (Å²) < 4.78 is 0. The number of anilines is 1. The number of halogens is 1. The van der Waals surface area contributed by atoms with E-state index in [0.717, 1.165) is 19.6 Å². The number of hydrogen-bond donors (Lipinski definition) is 2. The number of piperidine rings is 1. The number of aromatic carboxylic acids is 1. The van der Waals surface area contributed by atoms with Crippen molar-refractivity contribution >= 4 is 23.4 Å². The minimum Gasteiger partial charge on any atom is -0.476 e. The molecule has 2 rings (SSSR count). The first-order valence-electron chi connectivity index (χ1n) is 6.38. The summed E-state index contributed by atoms with van der Waals surface area (Å²) in [5.74, 6) is 0.0329. The molecule has 6 heteroatoms. The first-order valence-corrected chi connectivity index (χ1v) is 6.76. The molecule has 1 aliphatic rings. The van der Waals surface area contributed by atoms with Crippen LogP contribution in [0, 0.1) is 5.92 Å². The Hall–Kier alpha value is -1.33. The minimum absolute atomic E-state index is 0.104. The van der Waals surface area contributed by atoms with E-state index in [9.17, 15) is 4.79 Å². The zero-order valence-electron chi connectivity index (χ0n) is 10.9. The van der Waals surface area contributed by atoms with E-state index >= 15 is 0 Å². The van der Waals surface area contributed by atoms with Gasteiger partial charge < -0.3 is 15.3 Å². The molecule has 5 nitrogen and oxygen atoms in total. The molecule has 0 bridgehead atoms. The Balaban J connectivity index is 1.96. The Morgan fingerprint density at radius 1 is 1.63 bits per heavy atom. The molecule has 0 aromatic carbocycles. The van der Waals surface area contributed by atoms with E-state index in [2.05, 4.69) is 22.2 Å². The van der Waals surface area contributed by atoms with Crippen molar-refractivity contribution < 1.29 is 9.90 Å². The second-order valence-corrected chi connectivity index (χ2v) is 5.39. The van der Waals surface area contributed by atoms with Gasteiger partial charge in [-0.15, -0.1) is 0 Å². The van der Waals surface area contributed by atoms with Gasteiger partial charge in [-0.25, -0.2) is 9.78 Å². The summed E-state index contributed by atoms with van der Waals surface area (Å²) in [6, 6.07) is 3.27. The molecule has 0 spiro atoms. The summed E-state index contributed by atoms with van der Waals surface area (Å²) in [7, 11) is 2.12. The highest BCUT2D eigenvalue weighted by atomic mass is 35.5. The lowest BCUT2D eigenvalue weighted by atomic mass is 9.98. The fraction of sp³-hybridized carbons (Fsp3) is 0.538. The lowest BCUT2D eigenvalue weighted by Gasteiger charge is -2.29. The van der Waals surface area contributed by atoms with Crippen molar-refractivity contribution in [2.24, 2.45) is 5.92 Å². The Morgan fingerprint density at radius 3 is 3.11 bits per heavy atom. The average molecular weight is 284 g/mol. The quantitative estimate of drug-likeness (QED) is 0.887. The van der Waals surface area contributed by atoms with Crippen molar-refractivity contribution in [3.8, 4) is 0 Å². The summed E-state index contributed by atoms with van der Waals surface area (Å²) in [6.45, 7) is 3.02. The first kappa shape index (κ1) is 14.1. The molecule has 2 heterocycles. The molecule has 0 aliphatic carbocycles. The first-order chi connectivity index (χ1) is 9.06. The maximum atomic E-state index is 10.9. The van der Waals surface area contributed by atoms with Gasteiger partial charge in [-0.1, -0.05) is 11.6 Å². The van der Waals surface area contributed by atoms with Gasteiger partial charge in [0, 0.05) is 13.1 Å². The lowest BCUT2D eigenvalue weighted by Crippen LogP contribution is -2.35. The molecular formula is C13H18ClN3O2. The van der Waals surface area contributed by atoms with Gasteiger partial charge in [0.05, 0.1) is 5.02 Å². The van der Waals surface area contributed by atoms with E-state index < -0.39 is 5.97 Å². The topological polar surface area (TPSA) is 65.5 Å². The smallest absolute Gasteiger partial charge is 0.356 e. The predicted molar refractivity (Wildman–Crippen MR) is 74.9 cm³/mol. The third-order valence-electron chi connectivity index (χ3n) is 3.34. The molecule has 1 fully saturated rings. The van der Waals surface area contributed by atoms with E-state index in [1.165, 1.54) is 12.8 Å². The number of hydrogen-bond acceptors (Lipinski definition) is 4. The third kappa shape index (κ3) is 3.81. The van der Waals surface area contributed by atoms with E-state index in [0.29, 0.717) is 11.7 Å². The van der Waals surface area contributed by atoms with Crippen LogP contribution in [0.25, 0.3) is 0 Å². The Labute approximate surface area is 117 Å². The average Bonchev–Trinajstić information content (AvgIpc) is 2.37. The third-order valence-corrected chi connectivity index (χ3v) is 3.65. The van der Waals surface area contributed by atoms with Crippen LogP contribution in [0.1, 0.15) is 23.3 Å². The van der Waals surface area contributed by atoms with Gasteiger partial charge >= 0.3 is 5.97 Å². The predicted octanol–water partition coefficient (Wildman–Crippen LogP) is 2.19. The summed E-state index contributed by atoms with van der Waals surface area (Å²) in [5.41, 5.74) is -0.104. The lowest BCUT2D eigenvalue weighted by molar-refractivity contribution is 0.0691. The van der Waals surface area contributed by atoms with Gasteiger partial charge in [0.1, 0.15) is 5.82 Å². The van der Waals surface area contributed by atoms with E-state index in [4.69, 9.17) is 16.7 Å². The van der Waals surface area contributed by atoms with Crippen LogP contribution in [0.5, 0.6) is 0 Å². The largest absolute Gasteiger partial charge is 0.476 e. The van der Waals surface area contributed by atoms with E-state index in [-0.39, 0.29) is 10.7 Å². The van der Waals surface area contributed by atoms with Crippen LogP contribution in [0.3, 0.4) is 0 Å². The van der Waals surface area contributed by atoms with Gasteiger partial charge in [-0.3, -0.25) is 0 Å². The molecule has 0 radical (unpaired) electrons. The van der Waals surface area contributed by atoms with Gasteiger partial charge in [-0.2, -0.15) is 0 Å². The molecule has 1 aliphatic heterocycles. The summed E-state index contributed by atoms with van der Waals surface area (Å²) in [6.07, 6.45) is 2.40. The van der Waals surface area contributed by atoms with Crippen LogP contribution in [0.4, 0.5) is 5.82 Å². The van der Waals surface area contributed by atoms with Crippen molar-refractivity contribution in [3.05, 3.63) is 22.8 Å². The molecular weight excluding hydrogens is 266 g/mol. The maximum Gasteiger partial charge on any atom is 0.356 e. The number of carboxylic acids is 1. The number of likely N-dealkylation sites (tertiary alicyclic amines) is 1. The second-order valence-electron chi connectivity index (χ2n) is 4.98. The van der Waals surface area contributed by atoms with Crippen LogP contribution < -0.4 is 5.32 Å². The Morgan fingerprint density at radius 2 is 2.42 bits per heavy atom. The van der Waals surface area contributed by atoms with Crippen molar-refractivity contribution in [3.63, 3.8) is 0 Å². The number of nitrogens with zero attached hydrogens (tertiary/aromatic N) is 2. The van der Waals surface area contributed by atoms with Crippen molar-refractivity contribution in [1.82, 2.24) is 9.88 Å². The van der Waals surface area contributed by atoms with Crippen LogP contribution in [0.15, 0.2) is 12.1 Å². The standard InChI is InChI=1S/C13H18ClN3O2/c1-17-6-2-3-9(8-17)7-15-11-5-4-10(14)12(16-11)13(18)19/h4-5,9H,2-3,6-8H2,1H3,(H,15,16)(H,18,19). The molecule has 19 heavy (non-hydrogen) atoms. The Bertz CT molecular complexity index is 467. The maximum absolute atomic E-state index is 10.9. The van der Waals surface area contributed by atoms with Crippen molar-refractivity contribution in [2.45, 2.75) is 12.8 Å². The van der Waals surface area contributed by atoms with Gasteiger partial charge in [0.15, 0.2) is 5.69 Å². The molecule has 1 aromatic rings. The molecule has 0 amide bonds. The fourth-order valence-corrected chi connectivity index (χ4v) is 2.57. The SMILES string of the molecule is CN1CCCC(CNc2ccc(Cl)c(C(=O)O)n2)C1. The molecule has 104 valence electrons. The van der Waals surface area contributed by atoms with Gasteiger partial charge in [-0.05, 0) is 44.5 Å². The van der Waals surface area contributed by atoms with E-state index in [1.807, 2.05) is 0 Å². The number of pyridine rings is 1. The summed E-state index contributed by atoms with van der Waals surface area (Å²) in [4.78, 5) is 17.3. The monoisotopic (exact) mass is 283 g/mol. The molecule has 0 saturated carbocycles. The Kier molecular flexibility index (Phi) is 4.61. The second kappa shape index (κ2) is 6.21. The van der Waals surface area contributed by atoms with Crippen LogP contribution >= 0.6 is 11.6 Å². The highest BCUT2D eigenvalue weighted by Crippen LogP contribution is 2.19. The number of carbonyl (C=O) groups is 1. The zero-order valence-corrected chi connectivity index (χ0v) is 11.7. The normalized spacial score (nSPS) is 20.2. The minimum atomic E-state index is -1.11. The van der Waals surface area contributed by atoms with Crippen LogP contribution in [-0.4, -0.2) is 47.6 Å². The van der Waals surface area contributed by atoms with Crippen LogP contribution in [-0.2, 0) is 0 Å². The molecule has 2 N–H and O–H groups in total. The highest BCUT2D eigenvalue weighted by molar-refractivity contribution is 6.33. The molecule has 1 atom stereocenters. The number of nitrogens with one attached hydrogen (secondary N) is 1. The van der Waals surface area contributed by atoms with Crippen LogP contribution in [0.2, 0.25) is 5.02 Å². The molecule has 1 saturated heterocycles. The number of carboxylic acid groups (broad SMARTS) is 1. The number of rotatable bonds is 4. The van der Waals surface area contributed by atoms with Crippen molar-refractivity contribution in [2.75, 3.05) is 32.0 Å². The van der Waals surface area contributed by atoms with Gasteiger partial charge in [0.2, 0.25) is 0 Å². The molecule has 1 aromatic heterocycles. The zero-order chi connectivity index (χ0) is 13.8. The summed E-state index contributed by atoms with van der Waals surface area (Å²) in [5, 5.41) is 12.3. The summed E-state index contributed by atoms with van der Waals surface area (Å²) >= 11 is 5.78. The van der Waals surface area contributed by atoms with Gasteiger partial charge in [0.25, 0.3) is 0 Å². The highest BCUT2D eigenvalue weighted by Gasteiger charge is 2.17. The van der Waals surface area contributed by atoms with E-state index in [1.54, 1.807) is 12.1 Å².